The van der Waals surface area contributed by atoms with E-state index in [9.17, 15) is 9.90 Å². The number of likely N-dealkylation sites (N-methyl/N-ethyl adjacent to an activating group) is 1. The van der Waals surface area contributed by atoms with Crippen LogP contribution in [0.5, 0.6) is 0 Å². The first-order valence-corrected chi connectivity index (χ1v) is 6.20. The fraction of sp³-hybridized carbons (Fsp3) is 0.500. The minimum Gasteiger partial charge on any atom is -0.480 e. The highest BCUT2D eigenvalue weighted by atomic mass is 16.4. The van der Waals surface area contributed by atoms with Gasteiger partial charge in [0, 0.05) is 6.54 Å². The second-order valence-corrected chi connectivity index (χ2v) is 4.60. The van der Waals surface area contributed by atoms with Gasteiger partial charge in [-0.15, -0.1) is 0 Å². The van der Waals surface area contributed by atoms with Gasteiger partial charge in [-0.2, -0.15) is 0 Å². The van der Waals surface area contributed by atoms with Crippen molar-refractivity contribution in [1.29, 1.82) is 0 Å². The maximum Gasteiger partial charge on any atom is 0.317 e. The predicted molar refractivity (Wildman–Crippen MR) is 70.5 cm³/mol. The van der Waals surface area contributed by atoms with Crippen molar-refractivity contribution >= 4 is 5.97 Å². The summed E-state index contributed by atoms with van der Waals surface area (Å²) < 4.78 is 0. The van der Waals surface area contributed by atoms with Crippen LogP contribution in [-0.4, -0.2) is 41.2 Å². The largest absolute Gasteiger partial charge is 0.480 e. The molecule has 0 aliphatic carbocycles. The molecule has 1 unspecified atom stereocenters. The van der Waals surface area contributed by atoms with Gasteiger partial charge in [0.1, 0.15) is 0 Å². The molecule has 0 saturated carbocycles. The Morgan fingerprint density at radius 3 is 2.44 bits per heavy atom. The maximum atomic E-state index is 10.5. The molecule has 0 aliphatic rings. The zero-order chi connectivity index (χ0) is 13.5. The summed E-state index contributed by atoms with van der Waals surface area (Å²) in [7, 11) is 1.68. The molecule has 1 aromatic rings. The molecule has 1 rings (SSSR count). The van der Waals surface area contributed by atoms with Gasteiger partial charge < -0.3 is 10.2 Å². The molecule has 0 aliphatic heterocycles. The number of rotatable bonds is 7. The molecule has 18 heavy (non-hydrogen) atoms. The van der Waals surface area contributed by atoms with Crippen molar-refractivity contribution in [3.63, 3.8) is 0 Å². The molecular formula is C14H21NO3. The van der Waals surface area contributed by atoms with E-state index in [2.05, 4.69) is 6.92 Å². The lowest BCUT2D eigenvalue weighted by Gasteiger charge is -2.19. The van der Waals surface area contributed by atoms with Crippen LogP contribution in [0.4, 0.5) is 0 Å². The molecule has 0 amide bonds. The molecule has 100 valence electrons. The van der Waals surface area contributed by atoms with Gasteiger partial charge in [-0.3, -0.25) is 9.69 Å². The van der Waals surface area contributed by atoms with E-state index in [-0.39, 0.29) is 6.54 Å². The van der Waals surface area contributed by atoms with Crippen LogP contribution in [0.25, 0.3) is 0 Å². The van der Waals surface area contributed by atoms with Crippen molar-refractivity contribution in [2.24, 2.45) is 0 Å². The summed E-state index contributed by atoms with van der Waals surface area (Å²) in [6.45, 7) is 2.38. The quantitative estimate of drug-likeness (QED) is 0.774. The van der Waals surface area contributed by atoms with E-state index in [0.717, 1.165) is 18.4 Å². The van der Waals surface area contributed by atoms with Gasteiger partial charge in [0.2, 0.25) is 0 Å². The monoisotopic (exact) mass is 251 g/mol. The molecule has 0 bridgehead atoms. The molecular weight excluding hydrogens is 230 g/mol. The second-order valence-electron chi connectivity index (χ2n) is 4.60. The van der Waals surface area contributed by atoms with E-state index < -0.39 is 12.1 Å². The number of aryl methyl sites for hydroxylation is 1. The van der Waals surface area contributed by atoms with Crippen LogP contribution in [0, 0.1) is 0 Å². The Labute approximate surface area is 108 Å². The van der Waals surface area contributed by atoms with Gasteiger partial charge in [0.05, 0.1) is 12.6 Å². The van der Waals surface area contributed by atoms with E-state index in [4.69, 9.17) is 5.11 Å². The number of aliphatic carboxylic acids is 1. The third kappa shape index (κ3) is 4.85. The van der Waals surface area contributed by atoms with Crippen molar-refractivity contribution in [2.45, 2.75) is 25.9 Å². The Morgan fingerprint density at radius 2 is 1.94 bits per heavy atom. The van der Waals surface area contributed by atoms with Crippen molar-refractivity contribution in [2.75, 3.05) is 20.1 Å². The van der Waals surface area contributed by atoms with Crippen molar-refractivity contribution < 1.29 is 15.0 Å². The minimum atomic E-state index is -0.886. The molecule has 0 radical (unpaired) electrons. The lowest BCUT2D eigenvalue weighted by atomic mass is 10.0. The number of carbonyl (C=O) groups is 1. The maximum absolute atomic E-state index is 10.5. The summed E-state index contributed by atoms with van der Waals surface area (Å²) in [5.74, 6) is -0.886. The summed E-state index contributed by atoms with van der Waals surface area (Å²) in [4.78, 5) is 12.1. The molecule has 0 saturated heterocycles. The minimum absolute atomic E-state index is 0.0645. The van der Waals surface area contributed by atoms with Crippen LogP contribution in [-0.2, 0) is 11.2 Å². The van der Waals surface area contributed by atoms with Crippen LogP contribution in [0.3, 0.4) is 0 Å². The van der Waals surface area contributed by atoms with E-state index >= 15 is 0 Å². The van der Waals surface area contributed by atoms with Crippen molar-refractivity contribution in [1.82, 2.24) is 4.90 Å². The number of nitrogens with zero attached hydrogens (tertiary/aromatic N) is 1. The van der Waals surface area contributed by atoms with Gasteiger partial charge in [-0.05, 0) is 24.6 Å². The van der Waals surface area contributed by atoms with Crippen LogP contribution in [0.2, 0.25) is 0 Å². The van der Waals surface area contributed by atoms with Gasteiger partial charge in [-0.25, -0.2) is 0 Å². The average molecular weight is 251 g/mol. The van der Waals surface area contributed by atoms with E-state index in [1.54, 1.807) is 11.9 Å². The first kappa shape index (κ1) is 14.7. The molecule has 0 spiro atoms. The Morgan fingerprint density at radius 1 is 1.33 bits per heavy atom. The fourth-order valence-corrected chi connectivity index (χ4v) is 1.89. The topological polar surface area (TPSA) is 60.8 Å². The molecule has 1 aromatic carbocycles. The fourth-order valence-electron chi connectivity index (χ4n) is 1.89. The molecule has 0 fully saturated rings. The third-order valence-corrected chi connectivity index (χ3v) is 2.79. The second kappa shape index (κ2) is 7.13. The Hall–Kier alpha value is -1.39. The summed E-state index contributed by atoms with van der Waals surface area (Å²) in [6, 6.07) is 7.84. The molecule has 4 heteroatoms. The molecule has 0 heterocycles. The molecule has 0 aromatic heterocycles. The highest BCUT2D eigenvalue weighted by Gasteiger charge is 2.12. The summed E-state index contributed by atoms with van der Waals surface area (Å²) >= 11 is 0. The summed E-state index contributed by atoms with van der Waals surface area (Å²) in [6.07, 6.45) is 1.49. The average Bonchev–Trinajstić information content (AvgIpc) is 2.29. The molecule has 1 atom stereocenters. The van der Waals surface area contributed by atoms with E-state index in [1.165, 1.54) is 5.56 Å². The van der Waals surface area contributed by atoms with E-state index in [0.29, 0.717) is 6.54 Å². The predicted octanol–water partition coefficient (Wildman–Crippen LogP) is 1.69. The Bertz CT molecular complexity index is 375. The number of carboxylic acid groups (broad SMARTS) is 1. The smallest absolute Gasteiger partial charge is 0.317 e. The number of aliphatic hydroxyl groups is 1. The van der Waals surface area contributed by atoms with Gasteiger partial charge in [0.15, 0.2) is 0 Å². The third-order valence-electron chi connectivity index (χ3n) is 2.79. The number of aliphatic hydroxyl groups excluding tert-OH is 1. The van der Waals surface area contributed by atoms with Crippen LogP contribution < -0.4 is 0 Å². The molecule has 2 N–H and O–H groups in total. The van der Waals surface area contributed by atoms with Crippen LogP contribution in [0.1, 0.15) is 30.6 Å². The Balaban J connectivity index is 2.55. The standard InChI is InChI=1S/C14H21NO3/c1-3-4-11-5-7-12(8-6-11)13(16)9-15(2)10-14(17)18/h5-8,13,16H,3-4,9-10H2,1-2H3,(H,17,18). The summed E-state index contributed by atoms with van der Waals surface area (Å²) in [5, 5.41) is 18.6. The zero-order valence-corrected chi connectivity index (χ0v) is 11.0. The lowest BCUT2D eigenvalue weighted by Crippen LogP contribution is -2.29. The highest BCUT2D eigenvalue weighted by Crippen LogP contribution is 2.15. The van der Waals surface area contributed by atoms with E-state index in [1.807, 2.05) is 24.3 Å². The van der Waals surface area contributed by atoms with Crippen LogP contribution in [0.15, 0.2) is 24.3 Å². The van der Waals surface area contributed by atoms with Gasteiger partial charge >= 0.3 is 5.97 Å². The van der Waals surface area contributed by atoms with Gasteiger partial charge in [0.25, 0.3) is 0 Å². The van der Waals surface area contributed by atoms with Crippen molar-refractivity contribution in [3.8, 4) is 0 Å². The SMILES string of the molecule is CCCc1ccc(C(O)CN(C)CC(=O)O)cc1. The number of hydrogen-bond acceptors (Lipinski definition) is 3. The lowest BCUT2D eigenvalue weighted by molar-refractivity contribution is -0.138. The van der Waals surface area contributed by atoms with Crippen LogP contribution >= 0.6 is 0 Å². The van der Waals surface area contributed by atoms with Crippen molar-refractivity contribution in [3.05, 3.63) is 35.4 Å². The summed E-state index contributed by atoms with van der Waals surface area (Å²) in [5.41, 5.74) is 2.08. The number of hydrogen-bond donors (Lipinski definition) is 2. The molecule has 4 nitrogen and oxygen atoms in total. The zero-order valence-electron chi connectivity index (χ0n) is 11.0. The number of benzene rings is 1. The normalized spacial score (nSPS) is 12.7. The first-order chi connectivity index (χ1) is 8.52. The number of carboxylic acids is 1. The first-order valence-electron chi connectivity index (χ1n) is 6.20. The highest BCUT2D eigenvalue weighted by molar-refractivity contribution is 5.69. The Kier molecular flexibility index (Phi) is 5.82. The van der Waals surface area contributed by atoms with Gasteiger partial charge in [-0.1, -0.05) is 37.6 Å².